The van der Waals surface area contributed by atoms with Crippen molar-refractivity contribution in [2.45, 2.75) is 18.4 Å². The number of carbonyl (C=O) groups is 2. The van der Waals surface area contributed by atoms with Gasteiger partial charge in [0.1, 0.15) is 5.82 Å². The molecular formula is C17H13F4N3O3S. The second kappa shape index (κ2) is 7.15. The number of aliphatic hydroxyl groups excluding tert-OH is 1. The van der Waals surface area contributed by atoms with E-state index in [4.69, 9.17) is 0 Å². The van der Waals surface area contributed by atoms with Crippen LogP contribution in [0, 0.1) is 5.82 Å². The van der Waals surface area contributed by atoms with Gasteiger partial charge in [0.2, 0.25) is 5.66 Å². The Bertz CT molecular complexity index is 944. The first-order chi connectivity index (χ1) is 13.1. The minimum atomic E-state index is -4.81. The molecule has 1 atom stereocenters. The lowest BCUT2D eigenvalue weighted by Crippen LogP contribution is -2.65. The Labute approximate surface area is 159 Å². The van der Waals surface area contributed by atoms with Gasteiger partial charge in [-0.3, -0.25) is 9.59 Å². The van der Waals surface area contributed by atoms with E-state index in [1.807, 2.05) is 0 Å². The fourth-order valence-electron chi connectivity index (χ4n) is 2.65. The molecule has 0 fully saturated rings. The zero-order chi connectivity index (χ0) is 20.5. The van der Waals surface area contributed by atoms with Crippen molar-refractivity contribution in [2.75, 3.05) is 0 Å². The summed E-state index contributed by atoms with van der Waals surface area (Å²) in [6, 6.07) is 5.27. The molecule has 3 rings (SSSR count). The van der Waals surface area contributed by atoms with Gasteiger partial charge < -0.3 is 21.1 Å². The first-order valence-electron chi connectivity index (χ1n) is 7.81. The van der Waals surface area contributed by atoms with E-state index in [2.05, 4.69) is 16.0 Å². The van der Waals surface area contributed by atoms with Crippen LogP contribution in [0.25, 0.3) is 0 Å². The molecule has 148 valence electrons. The van der Waals surface area contributed by atoms with E-state index >= 15 is 0 Å². The third-order valence-electron chi connectivity index (χ3n) is 4.01. The van der Waals surface area contributed by atoms with Crippen molar-refractivity contribution in [3.05, 3.63) is 69.5 Å². The van der Waals surface area contributed by atoms with Crippen LogP contribution in [0.4, 0.5) is 17.6 Å². The van der Waals surface area contributed by atoms with Gasteiger partial charge in [-0.05, 0) is 29.1 Å². The number of rotatable bonds is 4. The molecule has 28 heavy (non-hydrogen) atoms. The largest absolute Gasteiger partial charge is 0.502 e. The van der Waals surface area contributed by atoms with Crippen LogP contribution >= 0.6 is 11.3 Å². The van der Waals surface area contributed by atoms with Gasteiger partial charge in [-0.2, -0.15) is 13.2 Å². The maximum atomic E-state index is 13.2. The van der Waals surface area contributed by atoms with E-state index in [0.29, 0.717) is 10.9 Å². The molecule has 0 saturated heterocycles. The van der Waals surface area contributed by atoms with Crippen LogP contribution in [0.5, 0.6) is 0 Å². The molecule has 1 unspecified atom stereocenters. The molecule has 0 bridgehead atoms. The van der Waals surface area contributed by atoms with Crippen LogP contribution in [-0.4, -0.2) is 16.9 Å². The fraction of sp³-hybridized carbons (Fsp3) is 0.176. The van der Waals surface area contributed by atoms with E-state index < -0.39 is 47.3 Å². The molecule has 1 aliphatic heterocycles. The Kier molecular flexibility index (Phi) is 5.02. The Morgan fingerprint density at radius 1 is 1.29 bits per heavy atom. The van der Waals surface area contributed by atoms with Crippen molar-refractivity contribution in [1.82, 2.24) is 16.0 Å². The van der Waals surface area contributed by atoms with Gasteiger partial charge in [0, 0.05) is 12.7 Å². The predicted molar refractivity (Wildman–Crippen MR) is 91.2 cm³/mol. The molecule has 2 heterocycles. The standard InChI is InChI=1S/C17H13F4N3O3S/c18-10-4-3-9(11(6-10)17(19,20)21)7-22-15(27)16(13-2-1-5-28-13)23-8-12(25)14(26)24-16/h1-6,8,23,25H,7H2,(H,22,27)(H,24,26). The van der Waals surface area contributed by atoms with E-state index in [-0.39, 0.29) is 5.56 Å². The minimum absolute atomic E-state index is 0.343. The lowest BCUT2D eigenvalue weighted by molar-refractivity contribution is -0.139. The molecule has 1 aromatic heterocycles. The van der Waals surface area contributed by atoms with Gasteiger partial charge >= 0.3 is 6.18 Å². The SMILES string of the molecule is O=C1NC(C(=O)NCc2ccc(F)cc2C(F)(F)F)(c2cccs2)NC=C1O. The molecule has 0 saturated carbocycles. The zero-order valence-electron chi connectivity index (χ0n) is 13.9. The summed E-state index contributed by atoms with van der Waals surface area (Å²) in [5, 5.41) is 18.3. The van der Waals surface area contributed by atoms with E-state index in [0.717, 1.165) is 29.7 Å². The lowest BCUT2D eigenvalue weighted by Gasteiger charge is -2.35. The molecule has 0 spiro atoms. The van der Waals surface area contributed by atoms with Crippen molar-refractivity contribution >= 4 is 23.2 Å². The summed E-state index contributed by atoms with van der Waals surface area (Å²) in [7, 11) is 0. The van der Waals surface area contributed by atoms with E-state index in [1.165, 1.54) is 6.07 Å². The topological polar surface area (TPSA) is 90.5 Å². The molecule has 2 aromatic rings. The van der Waals surface area contributed by atoms with Crippen LogP contribution in [-0.2, 0) is 28.0 Å². The number of alkyl halides is 3. The maximum absolute atomic E-state index is 13.2. The summed E-state index contributed by atoms with van der Waals surface area (Å²) in [4.78, 5) is 25.0. The normalized spacial score (nSPS) is 19.4. The molecule has 11 heteroatoms. The average Bonchev–Trinajstić information content (AvgIpc) is 3.17. The van der Waals surface area contributed by atoms with Crippen molar-refractivity contribution in [2.24, 2.45) is 0 Å². The summed E-state index contributed by atoms with van der Waals surface area (Å²) < 4.78 is 52.6. The number of aliphatic hydroxyl groups is 1. The van der Waals surface area contributed by atoms with Crippen LogP contribution in [0.2, 0.25) is 0 Å². The third-order valence-corrected chi connectivity index (χ3v) is 5.00. The maximum Gasteiger partial charge on any atom is 0.416 e. The summed E-state index contributed by atoms with van der Waals surface area (Å²) in [6.07, 6.45) is -3.88. The lowest BCUT2D eigenvalue weighted by atomic mass is 10.0. The molecule has 2 amide bonds. The van der Waals surface area contributed by atoms with Crippen LogP contribution in [0.3, 0.4) is 0 Å². The van der Waals surface area contributed by atoms with Crippen LogP contribution in [0.1, 0.15) is 16.0 Å². The Hall–Kier alpha value is -3.08. The molecule has 6 nitrogen and oxygen atoms in total. The molecular weight excluding hydrogens is 402 g/mol. The van der Waals surface area contributed by atoms with Crippen molar-refractivity contribution < 1.29 is 32.3 Å². The number of carbonyl (C=O) groups excluding carboxylic acids is 2. The van der Waals surface area contributed by atoms with Gasteiger partial charge in [0.05, 0.1) is 10.4 Å². The zero-order valence-corrected chi connectivity index (χ0v) is 14.7. The molecule has 0 aliphatic carbocycles. The van der Waals surface area contributed by atoms with Gasteiger partial charge in [0.15, 0.2) is 5.76 Å². The number of hydrogen-bond acceptors (Lipinski definition) is 5. The van der Waals surface area contributed by atoms with Gasteiger partial charge in [-0.25, -0.2) is 4.39 Å². The number of hydrogen-bond donors (Lipinski definition) is 4. The van der Waals surface area contributed by atoms with Gasteiger partial charge in [-0.1, -0.05) is 12.1 Å². The Balaban J connectivity index is 1.88. The highest BCUT2D eigenvalue weighted by Gasteiger charge is 2.45. The number of thiophene rings is 1. The van der Waals surface area contributed by atoms with Crippen molar-refractivity contribution in [3.8, 4) is 0 Å². The van der Waals surface area contributed by atoms with Crippen LogP contribution < -0.4 is 16.0 Å². The highest BCUT2D eigenvalue weighted by Crippen LogP contribution is 2.33. The quantitative estimate of drug-likeness (QED) is 0.578. The molecule has 1 aromatic carbocycles. The van der Waals surface area contributed by atoms with Gasteiger partial charge in [0.25, 0.3) is 11.8 Å². The van der Waals surface area contributed by atoms with Crippen molar-refractivity contribution in [3.63, 3.8) is 0 Å². The number of amides is 2. The summed E-state index contributed by atoms with van der Waals surface area (Å²) in [6.45, 7) is -0.561. The van der Waals surface area contributed by atoms with E-state index in [1.54, 1.807) is 11.4 Å². The monoisotopic (exact) mass is 415 g/mol. The molecule has 4 N–H and O–H groups in total. The Morgan fingerprint density at radius 3 is 2.64 bits per heavy atom. The minimum Gasteiger partial charge on any atom is -0.502 e. The van der Waals surface area contributed by atoms with E-state index in [9.17, 15) is 32.3 Å². The highest BCUT2D eigenvalue weighted by atomic mass is 32.1. The number of nitrogens with one attached hydrogen (secondary N) is 3. The first kappa shape index (κ1) is 19.7. The van der Waals surface area contributed by atoms with Gasteiger partial charge in [-0.15, -0.1) is 11.3 Å². The highest BCUT2D eigenvalue weighted by molar-refractivity contribution is 7.10. The second-order valence-electron chi connectivity index (χ2n) is 5.84. The third kappa shape index (κ3) is 3.65. The Morgan fingerprint density at radius 2 is 2.04 bits per heavy atom. The number of halogens is 4. The summed E-state index contributed by atoms with van der Waals surface area (Å²) in [5.41, 5.74) is -3.36. The first-order valence-corrected chi connectivity index (χ1v) is 8.69. The average molecular weight is 415 g/mol. The van der Waals surface area contributed by atoms with Crippen LogP contribution in [0.15, 0.2) is 47.7 Å². The second-order valence-corrected chi connectivity index (χ2v) is 6.78. The molecule has 1 aliphatic rings. The van der Waals surface area contributed by atoms with Crippen molar-refractivity contribution in [1.29, 1.82) is 0 Å². The fourth-order valence-corrected chi connectivity index (χ4v) is 3.49. The smallest absolute Gasteiger partial charge is 0.416 e. The summed E-state index contributed by atoms with van der Waals surface area (Å²) >= 11 is 1.11. The summed E-state index contributed by atoms with van der Waals surface area (Å²) in [5.74, 6) is -3.50. The number of benzene rings is 1. The molecule has 0 radical (unpaired) electrons. The predicted octanol–water partition coefficient (Wildman–Crippen LogP) is 2.49.